The van der Waals surface area contributed by atoms with Crippen LogP contribution in [0.3, 0.4) is 0 Å². The number of carbonyl (C=O) groups excluding carboxylic acids is 1. The Bertz CT molecular complexity index is 242. The SMILES string of the molecule is CCC(C)(C)C(=O)NCC1(O)CCCCC1. The van der Waals surface area contributed by atoms with Gasteiger partial charge in [-0.1, -0.05) is 40.0 Å². The molecule has 3 heteroatoms. The van der Waals surface area contributed by atoms with E-state index in [9.17, 15) is 9.90 Å². The number of nitrogens with one attached hydrogen (secondary N) is 1. The van der Waals surface area contributed by atoms with Crippen LogP contribution in [0.15, 0.2) is 0 Å². The third kappa shape index (κ3) is 3.48. The van der Waals surface area contributed by atoms with E-state index in [0.717, 1.165) is 32.1 Å². The molecule has 0 bridgehead atoms. The molecule has 0 unspecified atom stereocenters. The summed E-state index contributed by atoms with van der Waals surface area (Å²) < 4.78 is 0. The van der Waals surface area contributed by atoms with E-state index in [-0.39, 0.29) is 11.3 Å². The fourth-order valence-corrected chi connectivity index (χ4v) is 2.03. The molecule has 0 heterocycles. The zero-order chi connectivity index (χ0) is 12.2. The quantitative estimate of drug-likeness (QED) is 0.774. The van der Waals surface area contributed by atoms with Gasteiger partial charge in [-0.2, -0.15) is 0 Å². The van der Waals surface area contributed by atoms with Gasteiger partial charge in [0, 0.05) is 12.0 Å². The molecule has 16 heavy (non-hydrogen) atoms. The lowest BCUT2D eigenvalue weighted by molar-refractivity contribution is -0.131. The van der Waals surface area contributed by atoms with Crippen molar-refractivity contribution in [2.24, 2.45) is 5.41 Å². The maximum atomic E-state index is 11.9. The van der Waals surface area contributed by atoms with E-state index in [1.165, 1.54) is 6.42 Å². The second kappa shape index (κ2) is 5.17. The highest BCUT2D eigenvalue weighted by atomic mass is 16.3. The summed E-state index contributed by atoms with van der Waals surface area (Å²) in [6.45, 7) is 6.30. The van der Waals surface area contributed by atoms with E-state index in [1.54, 1.807) is 0 Å². The lowest BCUT2D eigenvalue weighted by atomic mass is 9.84. The largest absolute Gasteiger partial charge is 0.388 e. The summed E-state index contributed by atoms with van der Waals surface area (Å²) in [6, 6.07) is 0. The third-order valence-electron chi connectivity index (χ3n) is 3.86. The minimum absolute atomic E-state index is 0.0500. The molecule has 0 aromatic carbocycles. The molecule has 1 rings (SSSR count). The first kappa shape index (κ1) is 13.5. The van der Waals surface area contributed by atoms with Gasteiger partial charge in [-0.05, 0) is 19.3 Å². The van der Waals surface area contributed by atoms with Crippen LogP contribution in [0, 0.1) is 5.41 Å². The van der Waals surface area contributed by atoms with Crippen molar-refractivity contribution in [3.63, 3.8) is 0 Å². The Morgan fingerprint density at radius 1 is 1.31 bits per heavy atom. The van der Waals surface area contributed by atoms with Gasteiger partial charge in [0.2, 0.25) is 5.91 Å². The Morgan fingerprint density at radius 2 is 1.88 bits per heavy atom. The molecule has 0 radical (unpaired) electrons. The van der Waals surface area contributed by atoms with E-state index in [4.69, 9.17) is 0 Å². The zero-order valence-corrected chi connectivity index (χ0v) is 10.8. The van der Waals surface area contributed by atoms with Gasteiger partial charge in [0.05, 0.1) is 5.60 Å². The molecule has 2 N–H and O–H groups in total. The Hall–Kier alpha value is -0.570. The highest BCUT2D eigenvalue weighted by Crippen LogP contribution is 2.28. The van der Waals surface area contributed by atoms with Gasteiger partial charge >= 0.3 is 0 Å². The highest BCUT2D eigenvalue weighted by Gasteiger charge is 2.32. The molecule has 1 aliphatic carbocycles. The molecule has 0 aliphatic heterocycles. The predicted octanol–water partition coefficient (Wildman–Crippen LogP) is 2.23. The van der Waals surface area contributed by atoms with E-state index < -0.39 is 5.60 Å². The first-order valence-electron chi connectivity index (χ1n) is 6.40. The average Bonchev–Trinajstić information content (AvgIpc) is 2.27. The van der Waals surface area contributed by atoms with Crippen LogP contribution in [0.1, 0.15) is 59.3 Å². The zero-order valence-electron chi connectivity index (χ0n) is 10.8. The third-order valence-corrected chi connectivity index (χ3v) is 3.86. The predicted molar refractivity (Wildman–Crippen MR) is 65.1 cm³/mol. The Morgan fingerprint density at radius 3 is 2.38 bits per heavy atom. The number of carbonyl (C=O) groups is 1. The fraction of sp³-hybridized carbons (Fsp3) is 0.923. The second-order valence-corrected chi connectivity index (χ2v) is 5.71. The Labute approximate surface area is 98.6 Å². The van der Waals surface area contributed by atoms with Crippen molar-refractivity contribution in [3.8, 4) is 0 Å². The number of hydrogen-bond donors (Lipinski definition) is 2. The molecule has 1 saturated carbocycles. The number of hydrogen-bond acceptors (Lipinski definition) is 2. The van der Waals surface area contributed by atoms with Crippen molar-refractivity contribution < 1.29 is 9.90 Å². The molecule has 1 fully saturated rings. The van der Waals surface area contributed by atoms with Crippen molar-refractivity contribution in [3.05, 3.63) is 0 Å². The Kier molecular flexibility index (Phi) is 4.36. The molecule has 0 saturated heterocycles. The lowest BCUT2D eigenvalue weighted by Crippen LogP contribution is -2.47. The first-order chi connectivity index (χ1) is 7.40. The topological polar surface area (TPSA) is 49.3 Å². The molecule has 1 aliphatic rings. The molecule has 0 aromatic rings. The maximum Gasteiger partial charge on any atom is 0.225 e. The summed E-state index contributed by atoms with van der Waals surface area (Å²) in [6.07, 6.45) is 5.81. The van der Waals surface area contributed by atoms with Crippen LogP contribution < -0.4 is 5.32 Å². The van der Waals surface area contributed by atoms with Gasteiger partial charge in [0.1, 0.15) is 0 Å². The van der Waals surface area contributed by atoms with Crippen LogP contribution in [0.25, 0.3) is 0 Å². The van der Waals surface area contributed by atoms with Crippen molar-refractivity contribution >= 4 is 5.91 Å². The summed E-state index contributed by atoms with van der Waals surface area (Å²) in [4.78, 5) is 11.9. The average molecular weight is 227 g/mol. The molecule has 0 aromatic heterocycles. The molecule has 3 nitrogen and oxygen atoms in total. The van der Waals surface area contributed by atoms with Gasteiger partial charge in [-0.25, -0.2) is 0 Å². The van der Waals surface area contributed by atoms with Crippen molar-refractivity contribution in [1.82, 2.24) is 5.32 Å². The van der Waals surface area contributed by atoms with E-state index in [1.807, 2.05) is 20.8 Å². The molecule has 94 valence electrons. The van der Waals surface area contributed by atoms with Gasteiger partial charge in [0.15, 0.2) is 0 Å². The van der Waals surface area contributed by atoms with Gasteiger partial charge in [-0.15, -0.1) is 0 Å². The number of rotatable bonds is 4. The van der Waals surface area contributed by atoms with Crippen LogP contribution in [-0.4, -0.2) is 23.2 Å². The van der Waals surface area contributed by atoms with Crippen LogP contribution >= 0.6 is 0 Å². The minimum Gasteiger partial charge on any atom is -0.388 e. The Balaban J connectivity index is 2.41. The maximum absolute atomic E-state index is 11.9. The summed E-state index contributed by atoms with van der Waals surface area (Å²) in [5, 5.41) is 13.1. The minimum atomic E-state index is -0.655. The van der Waals surface area contributed by atoms with Crippen molar-refractivity contribution in [1.29, 1.82) is 0 Å². The normalized spacial score (nSPS) is 20.5. The van der Waals surface area contributed by atoms with E-state index in [0.29, 0.717) is 6.54 Å². The molecular formula is C13H25NO2. The number of aliphatic hydroxyl groups is 1. The summed E-state index contributed by atoms with van der Waals surface area (Å²) in [7, 11) is 0. The highest BCUT2D eigenvalue weighted by molar-refractivity contribution is 5.81. The molecule has 0 spiro atoms. The van der Waals surface area contributed by atoms with Gasteiger partial charge < -0.3 is 10.4 Å². The number of amides is 1. The first-order valence-corrected chi connectivity index (χ1v) is 6.40. The van der Waals surface area contributed by atoms with Crippen molar-refractivity contribution in [2.45, 2.75) is 64.9 Å². The molecular weight excluding hydrogens is 202 g/mol. The van der Waals surface area contributed by atoms with Crippen LogP contribution in [0.4, 0.5) is 0 Å². The van der Waals surface area contributed by atoms with Gasteiger partial charge in [0.25, 0.3) is 0 Å². The van der Waals surface area contributed by atoms with Crippen LogP contribution in [0.5, 0.6) is 0 Å². The summed E-state index contributed by atoms with van der Waals surface area (Å²) >= 11 is 0. The standard InChI is InChI=1S/C13H25NO2/c1-4-12(2,3)11(15)14-10-13(16)8-6-5-7-9-13/h16H,4-10H2,1-3H3,(H,14,15). The van der Waals surface area contributed by atoms with E-state index >= 15 is 0 Å². The second-order valence-electron chi connectivity index (χ2n) is 5.71. The van der Waals surface area contributed by atoms with Gasteiger partial charge in [-0.3, -0.25) is 4.79 Å². The summed E-state index contributed by atoms with van der Waals surface area (Å²) in [5.41, 5.74) is -0.983. The summed E-state index contributed by atoms with van der Waals surface area (Å²) in [5.74, 6) is 0.0500. The lowest BCUT2D eigenvalue weighted by Gasteiger charge is -2.33. The molecule has 1 amide bonds. The van der Waals surface area contributed by atoms with E-state index in [2.05, 4.69) is 5.32 Å². The fourth-order valence-electron chi connectivity index (χ4n) is 2.03. The monoisotopic (exact) mass is 227 g/mol. The molecule has 0 atom stereocenters. The van der Waals surface area contributed by atoms with Crippen molar-refractivity contribution in [2.75, 3.05) is 6.54 Å². The smallest absolute Gasteiger partial charge is 0.225 e. The van der Waals surface area contributed by atoms with Crippen LogP contribution in [-0.2, 0) is 4.79 Å². The van der Waals surface area contributed by atoms with Crippen LogP contribution in [0.2, 0.25) is 0 Å².